The molecule has 3 rings (SSSR count). The van der Waals surface area contributed by atoms with Crippen LogP contribution in [-0.4, -0.2) is 30.8 Å². The monoisotopic (exact) mass is 559 g/mol. The van der Waals surface area contributed by atoms with E-state index in [1.807, 2.05) is 39.0 Å². The molecule has 216 valence electrons. The second kappa shape index (κ2) is 13.3. The van der Waals surface area contributed by atoms with Crippen LogP contribution in [0.25, 0.3) is 0 Å². The molecule has 0 spiro atoms. The van der Waals surface area contributed by atoms with Gasteiger partial charge in [-0.15, -0.1) is 0 Å². The summed E-state index contributed by atoms with van der Waals surface area (Å²) >= 11 is 0. The lowest BCUT2D eigenvalue weighted by Gasteiger charge is -2.46. The molecule has 0 bridgehead atoms. The van der Waals surface area contributed by atoms with Gasteiger partial charge in [0.2, 0.25) is 0 Å². The molecule has 0 amide bonds. The van der Waals surface area contributed by atoms with Crippen LogP contribution in [0.5, 0.6) is 0 Å². The third kappa shape index (κ3) is 8.89. The van der Waals surface area contributed by atoms with Gasteiger partial charge in [0.05, 0.1) is 18.6 Å². The summed E-state index contributed by atoms with van der Waals surface area (Å²) in [7, 11) is -2.24. The average Bonchev–Trinajstić information content (AvgIpc) is 2.89. The highest BCUT2D eigenvalue weighted by Gasteiger charge is 2.44. The van der Waals surface area contributed by atoms with Crippen LogP contribution in [0.2, 0.25) is 18.1 Å². The van der Waals surface area contributed by atoms with Gasteiger partial charge in [-0.3, -0.25) is 9.69 Å². The lowest BCUT2D eigenvalue weighted by atomic mass is 9.94. The Balaban J connectivity index is 2.20. The minimum atomic E-state index is -2.24. The zero-order chi connectivity index (χ0) is 29.6. The number of rotatable bonds is 11. The zero-order valence-corrected chi connectivity index (χ0v) is 27.0. The van der Waals surface area contributed by atoms with Crippen LogP contribution in [-0.2, 0) is 20.5 Å². The van der Waals surface area contributed by atoms with Crippen LogP contribution >= 0.6 is 0 Å². The summed E-state index contributed by atoms with van der Waals surface area (Å²) in [5.74, 6) is -0.212. The van der Waals surface area contributed by atoms with Crippen molar-refractivity contribution >= 4 is 14.3 Å². The summed E-state index contributed by atoms with van der Waals surface area (Å²) in [6, 6.07) is 31.2. The Morgan fingerprint density at radius 1 is 0.775 bits per heavy atom. The van der Waals surface area contributed by atoms with Crippen LogP contribution in [0, 0.1) is 0 Å². The predicted molar refractivity (Wildman–Crippen MR) is 169 cm³/mol. The van der Waals surface area contributed by atoms with E-state index in [-0.39, 0.29) is 35.6 Å². The second-order valence-electron chi connectivity index (χ2n) is 13.3. The van der Waals surface area contributed by atoms with E-state index in [1.165, 1.54) is 11.1 Å². The first-order valence-electron chi connectivity index (χ1n) is 14.5. The average molecular weight is 560 g/mol. The Hall–Kier alpha value is -2.73. The van der Waals surface area contributed by atoms with Gasteiger partial charge < -0.3 is 9.16 Å². The Morgan fingerprint density at radius 3 is 1.73 bits per heavy atom. The van der Waals surface area contributed by atoms with E-state index >= 15 is 0 Å². The molecular formula is C35H49NO3Si. The first kappa shape index (κ1) is 31.8. The molecule has 0 aliphatic carbocycles. The van der Waals surface area contributed by atoms with Gasteiger partial charge in [-0.25, -0.2) is 0 Å². The Labute approximate surface area is 243 Å². The fraction of sp³-hybridized carbons (Fsp3) is 0.457. The molecule has 0 fully saturated rings. The van der Waals surface area contributed by atoms with Gasteiger partial charge in [0.1, 0.15) is 5.60 Å². The van der Waals surface area contributed by atoms with Crippen LogP contribution in [0.1, 0.15) is 83.7 Å². The number of ether oxygens (including phenoxy) is 1. The number of esters is 1. The second-order valence-corrected chi connectivity index (χ2v) is 18.1. The van der Waals surface area contributed by atoms with Gasteiger partial charge in [0, 0.05) is 12.6 Å². The first-order chi connectivity index (χ1) is 18.7. The Kier molecular flexibility index (Phi) is 10.6. The van der Waals surface area contributed by atoms with Crippen LogP contribution in [0.15, 0.2) is 91.0 Å². The molecular weight excluding hydrogens is 510 g/mol. The third-order valence-corrected chi connectivity index (χ3v) is 12.4. The summed E-state index contributed by atoms with van der Waals surface area (Å²) in [5, 5.41) is 0.00576. The molecule has 3 atom stereocenters. The molecule has 40 heavy (non-hydrogen) atoms. The van der Waals surface area contributed by atoms with Crippen molar-refractivity contribution in [2.75, 3.05) is 0 Å². The van der Waals surface area contributed by atoms with Gasteiger partial charge in [-0.1, -0.05) is 112 Å². The van der Waals surface area contributed by atoms with E-state index in [1.54, 1.807) is 0 Å². The maximum atomic E-state index is 13.6. The molecule has 0 saturated heterocycles. The Morgan fingerprint density at radius 2 is 1.25 bits per heavy atom. The molecule has 4 nitrogen and oxygen atoms in total. The lowest BCUT2D eigenvalue weighted by molar-refractivity contribution is -0.158. The number of carbonyl (C=O) groups excluding carboxylic acids is 1. The molecule has 0 aromatic heterocycles. The molecule has 0 N–H and O–H groups in total. The highest BCUT2D eigenvalue weighted by atomic mass is 28.4. The molecule has 0 radical (unpaired) electrons. The van der Waals surface area contributed by atoms with Gasteiger partial charge in [0.25, 0.3) is 0 Å². The summed E-state index contributed by atoms with van der Waals surface area (Å²) in [5.41, 5.74) is 2.91. The number of nitrogens with zero attached hydrogens (tertiary/aromatic N) is 1. The van der Waals surface area contributed by atoms with Gasteiger partial charge in [-0.2, -0.15) is 0 Å². The molecule has 0 heterocycles. The third-order valence-electron chi connectivity index (χ3n) is 7.91. The van der Waals surface area contributed by atoms with E-state index in [0.29, 0.717) is 6.54 Å². The van der Waals surface area contributed by atoms with Gasteiger partial charge >= 0.3 is 5.97 Å². The van der Waals surface area contributed by atoms with Gasteiger partial charge in [0.15, 0.2) is 8.32 Å². The number of carbonyl (C=O) groups is 1. The molecule has 0 aliphatic heterocycles. The fourth-order valence-electron chi connectivity index (χ4n) is 4.72. The molecule has 5 heteroatoms. The predicted octanol–water partition coefficient (Wildman–Crippen LogP) is 9.11. The van der Waals surface area contributed by atoms with Crippen molar-refractivity contribution < 1.29 is 14.0 Å². The SMILES string of the molecule is C[C@H](c1ccccc1)N(Cc1ccccc1)[C@@H](CC(=O)OC(C)(C)C)[C@@H](O[Si](C)(C)C(C)(C)C)c1ccccc1. The smallest absolute Gasteiger partial charge is 0.308 e. The molecule has 0 aliphatic rings. The lowest BCUT2D eigenvalue weighted by Crippen LogP contribution is -2.49. The van der Waals surface area contributed by atoms with Crippen molar-refractivity contribution in [3.05, 3.63) is 108 Å². The summed E-state index contributed by atoms with van der Waals surface area (Å²) in [4.78, 5) is 16.0. The van der Waals surface area contributed by atoms with E-state index in [4.69, 9.17) is 9.16 Å². The van der Waals surface area contributed by atoms with Crippen molar-refractivity contribution in [1.82, 2.24) is 4.90 Å². The van der Waals surface area contributed by atoms with E-state index in [9.17, 15) is 4.79 Å². The largest absolute Gasteiger partial charge is 0.460 e. The zero-order valence-electron chi connectivity index (χ0n) is 26.0. The summed E-state index contributed by atoms with van der Waals surface area (Å²) in [6.07, 6.45) is -0.0976. The standard InChI is InChI=1S/C35H49NO3Si/c1-27(29-21-15-11-16-22-29)36(26-28-19-13-10-14-20-28)31(25-32(37)38-34(2,3)4)33(30-23-17-12-18-24-30)39-40(8,9)35(5,6)7/h10-24,27,31,33H,25-26H2,1-9H3/t27-,31+,33+/m1/s1. The molecule has 0 saturated carbocycles. The quantitative estimate of drug-likeness (QED) is 0.173. The number of hydrogen-bond acceptors (Lipinski definition) is 4. The highest BCUT2D eigenvalue weighted by Crippen LogP contribution is 2.43. The van der Waals surface area contributed by atoms with Gasteiger partial charge in [-0.05, 0) is 62.5 Å². The van der Waals surface area contributed by atoms with Crippen molar-refractivity contribution in [3.63, 3.8) is 0 Å². The topological polar surface area (TPSA) is 38.8 Å². The maximum Gasteiger partial charge on any atom is 0.308 e. The minimum absolute atomic E-state index is 0.00576. The molecule has 3 aromatic rings. The normalized spacial score (nSPS) is 14.9. The van der Waals surface area contributed by atoms with Crippen molar-refractivity contribution in [1.29, 1.82) is 0 Å². The van der Waals surface area contributed by atoms with Crippen LogP contribution in [0.3, 0.4) is 0 Å². The molecule has 3 aromatic carbocycles. The van der Waals surface area contributed by atoms with Crippen molar-refractivity contribution in [3.8, 4) is 0 Å². The maximum absolute atomic E-state index is 13.6. The first-order valence-corrected chi connectivity index (χ1v) is 17.4. The number of benzene rings is 3. The van der Waals surface area contributed by atoms with E-state index < -0.39 is 13.9 Å². The highest BCUT2D eigenvalue weighted by molar-refractivity contribution is 6.74. The number of hydrogen-bond donors (Lipinski definition) is 0. The van der Waals surface area contributed by atoms with Crippen LogP contribution in [0.4, 0.5) is 0 Å². The summed E-state index contributed by atoms with van der Waals surface area (Å²) < 4.78 is 13.2. The van der Waals surface area contributed by atoms with E-state index in [0.717, 1.165) is 5.56 Å². The van der Waals surface area contributed by atoms with E-state index in [2.05, 4.69) is 118 Å². The summed E-state index contributed by atoms with van der Waals surface area (Å²) in [6.45, 7) is 20.0. The molecule has 0 unspecified atom stereocenters. The van der Waals surface area contributed by atoms with Crippen LogP contribution < -0.4 is 0 Å². The van der Waals surface area contributed by atoms with Crippen molar-refractivity contribution in [2.45, 2.75) is 103 Å². The minimum Gasteiger partial charge on any atom is -0.460 e. The Bertz CT molecular complexity index is 1180. The van der Waals surface area contributed by atoms with Crippen molar-refractivity contribution in [2.24, 2.45) is 0 Å². The fourth-order valence-corrected chi connectivity index (χ4v) is 6.00.